The van der Waals surface area contributed by atoms with E-state index in [2.05, 4.69) is 25.6 Å². The summed E-state index contributed by atoms with van der Waals surface area (Å²) in [5.41, 5.74) is 4.15. The van der Waals surface area contributed by atoms with Gasteiger partial charge in [-0.1, -0.05) is 0 Å². The lowest BCUT2D eigenvalue weighted by atomic mass is 10.2. The van der Waals surface area contributed by atoms with Crippen molar-refractivity contribution in [2.75, 3.05) is 5.32 Å². The van der Waals surface area contributed by atoms with E-state index in [1.54, 1.807) is 36.1 Å². The maximum absolute atomic E-state index is 12.0. The van der Waals surface area contributed by atoms with Crippen LogP contribution in [-0.4, -0.2) is 21.0 Å². The number of carbonyl (C=O) groups excluding carboxylic acids is 1. The van der Waals surface area contributed by atoms with Crippen molar-refractivity contribution >= 4 is 23.1 Å². The number of thiophene rings is 1. The molecule has 3 heterocycles. The number of aromatic nitrogens is 3. The number of nitrogens with one attached hydrogen (secondary N) is 2. The van der Waals surface area contributed by atoms with Gasteiger partial charge in [0.15, 0.2) is 0 Å². The average molecular weight is 325 g/mol. The highest BCUT2D eigenvalue weighted by Crippen LogP contribution is 2.22. The van der Waals surface area contributed by atoms with Crippen LogP contribution >= 0.6 is 11.3 Å². The monoisotopic (exact) mass is 325 g/mol. The number of carbonyl (C=O) groups is 1. The van der Waals surface area contributed by atoms with Gasteiger partial charge in [-0.05, 0) is 30.0 Å². The van der Waals surface area contributed by atoms with Crippen LogP contribution in [0.2, 0.25) is 0 Å². The van der Waals surface area contributed by atoms with E-state index in [1.807, 2.05) is 29.8 Å². The number of aryl methyl sites for hydroxylation is 1. The molecule has 6 nitrogen and oxygen atoms in total. The first-order valence-electron chi connectivity index (χ1n) is 7.02. The molecule has 0 radical (unpaired) electrons. The smallest absolute Gasteiger partial charge is 0.319 e. The number of amides is 2. The molecule has 7 heteroatoms. The Bertz CT molecular complexity index is 804. The highest BCUT2D eigenvalue weighted by atomic mass is 32.1. The zero-order chi connectivity index (χ0) is 16.1. The Morgan fingerprint density at radius 1 is 1.22 bits per heavy atom. The van der Waals surface area contributed by atoms with Gasteiger partial charge in [0.1, 0.15) is 0 Å². The summed E-state index contributed by atoms with van der Waals surface area (Å²) in [5.74, 6) is 0. The Morgan fingerprint density at radius 2 is 2.09 bits per heavy atom. The van der Waals surface area contributed by atoms with Crippen molar-refractivity contribution in [3.63, 3.8) is 0 Å². The van der Waals surface area contributed by atoms with Gasteiger partial charge < -0.3 is 10.6 Å². The number of urea groups is 1. The maximum atomic E-state index is 12.0. The molecule has 0 saturated heterocycles. The van der Waals surface area contributed by atoms with Crippen LogP contribution < -0.4 is 10.6 Å². The second kappa shape index (κ2) is 6.97. The molecule has 2 amide bonds. The van der Waals surface area contributed by atoms with Crippen LogP contribution in [0.25, 0.3) is 11.3 Å². The summed E-state index contributed by atoms with van der Waals surface area (Å²) in [7, 11) is 0. The molecule has 3 rings (SSSR count). The Labute approximate surface area is 137 Å². The molecule has 0 fully saturated rings. The molecule has 0 unspecified atom stereocenters. The van der Waals surface area contributed by atoms with Crippen LogP contribution in [0.1, 0.15) is 11.3 Å². The molecule has 0 bridgehead atoms. The first kappa shape index (κ1) is 15.1. The van der Waals surface area contributed by atoms with Crippen molar-refractivity contribution in [3.05, 3.63) is 58.9 Å². The van der Waals surface area contributed by atoms with Crippen LogP contribution in [0.15, 0.2) is 47.7 Å². The first-order chi connectivity index (χ1) is 11.2. The average Bonchev–Trinajstić information content (AvgIpc) is 3.10. The molecule has 0 aliphatic rings. The van der Waals surface area contributed by atoms with Gasteiger partial charge in [-0.25, -0.2) is 4.79 Å². The minimum Gasteiger partial charge on any atom is -0.332 e. The van der Waals surface area contributed by atoms with Crippen molar-refractivity contribution in [2.24, 2.45) is 0 Å². The van der Waals surface area contributed by atoms with Gasteiger partial charge in [-0.15, -0.1) is 0 Å². The largest absolute Gasteiger partial charge is 0.332 e. The Balaban J connectivity index is 1.67. The molecule has 0 aliphatic carbocycles. The highest BCUT2D eigenvalue weighted by molar-refractivity contribution is 7.08. The second-order valence-corrected chi connectivity index (χ2v) is 5.64. The topological polar surface area (TPSA) is 79.8 Å². The third-order valence-corrected chi connectivity index (χ3v) is 3.96. The van der Waals surface area contributed by atoms with Crippen molar-refractivity contribution in [2.45, 2.75) is 13.5 Å². The number of rotatable bonds is 4. The lowest BCUT2D eigenvalue weighted by molar-refractivity contribution is 0.251. The molecule has 0 saturated carbocycles. The van der Waals surface area contributed by atoms with Gasteiger partial charge in [0.05, 0.1) is 29.8 Å². The quantitative estimate of drug-likeness (QED) is 0.772. The minimum absolute atomic E-state index is 0.296. The molecule has 23 heavy (non-hydrogen) atoms. The van der Waals surface area contributed by atoms with Gasteiger partial charge in [-0.2, -0.15) is 11.3 Å². The zero-order valence-electron chi connectivity index (χ0n) is 12.5. The van der Waals surface area contributed by atoms with E-state index in [9.17, 15) is 4.79 Å². The van der Waals surface area contributed by atoms with Crippen LogP contribution in [0.3, 0.4) is 0 Å². The summed E-state index contributed by atoms with van der Waals surface area (Å²) < 4.78 is 0. The van der Waals surface area contributed by atoms with Crippen LogP contribution in [0, 0.1) is 6.92 Å². The second-order valence-electron chi connectivity index (χ2n) is 4.86. The minimum atomic E-state index is -0.303. The number of pyridine rings is 1. The van der Waals surface area contributed by atoms with Crippen LogP contribution in [0.4, 0.5) is 10.5 Å². The highest BCUT2D eigenvalue weighted by Gasteiger charge is 2.10. The fraction of sp³-hybridized carbons (Fsp3) is 0.125. The molecule has 2 N–H and O–H groups in total. The summed E-state index contributed by atoms with van der Waals surface area (Å²) in [6.45, 7) is 2.21. The molecule has 116 valence electrons. The van der Waals surface area contributed by atoms with E-state index in [0.717, 1.165) is 22.5 Å². The van der Waals surface area contributed by atoms with Crippen molar-refractivity contribution in [1.29, 1.82) is 0 Å². The molecular formula is C16H15N5OS. The Hall–Kier alpha value is -2.80. The number of hydrogen-bond acceptors (Lipinski definition) is 5. The Kier molecular flexibility index (Phi) is 4.58. The first-order valence-corrected chi connectivity index (χ1v) is 7.96. The summed E-state index contributed by atoms with van der Waals surface area (Å²) in [5, 5.41) is 9.57. The fourth-order valence-corrected chi connectivity index (χ4v) is 2.70. The molecule has 0 spiro atoms. The van der Waals surface area contributed by atoms with Gasteiger partial charge in [0, 0.05) is 29.5 Å². The summed E-state index contributed by atoms with van der Waals surface area (Å²) in [6, 6.07) is 3.52. The van der Waals surface area contributed by atoms with E-state index >= 15 is 0 Å². The van der Waals surface area contributed by atoms with Crippen molar-refractivity contribution in [3.8, 4) is 11.3 Å². The van der Waals surface area contributed by atoms with E-state index in [4.69, 9.17) is 0 Å². The van der Waals surface area contributed by atoms with Crippen molar-refractivity contribution in [1.82, 2.24) is 20.3 Å². The van der Waals surface area contributed by atoms with E-state index in [0.29, 0.717) is 12.2 Å². The number of hydrogen-bond donors (Lipinski definition) is 2. The predicted octanol–water partition coefficient (Wildman–Crippen LogP) is 3.23. The lowest BCUT2D eigenvalue weighted by Crippen LogP contribution is -2.29. The predicted molar refractivity (Wildman–Crippen MR) is 90.2 cm³/mol. The van der Waals surface area contributed by atoms with Gasteiger partial charge in [0.2, 0.25) is 0 Å². The molecule has 0 atom stereocenters. The molecular weight excluding hydrogens is 310 g/mol. The van der Waals surface area contributed by atoms with Gasteiger partial charge >= 0.3 is 6.03 Å². The van der Waals surface area contributed by atoms with E-state index < -0.39 is 0 Å². The van der Waals surface area contributed by atoms with Crippen LogP contribution in [0.5, 0.6) is 0 Å². The Morgan fingerprint density at radius 3 is 2.87 bits per heavy atom. The third-order valence-electron chi connectivity index (χ3n) is 3.27. The molecule has 0 aromatic carbocycles. The third kappa shape index (κ3) is 3.70. The molecule has 3 aromatic rings. The summed E-state index contributed by atoms with van der Waals surface area (Å²) >= 11 is 1.60. The lowest BCUT2D eigenvalue weighted by Gasteiger charge is -2.10. The zero-order valence-corrected chi connectivity index (χ0v) is 13.3. The van der Waals surface area contributed by atoms with Crippen LogP contribution in [-0.2, 0) is 6.54 Å². The van der Waals surface area contributed by atoms with Gasteiger partial charge in [0.25, 0.3) is 0 Å². The van der Waals surface area contributed by atoms with E-state index in [-0.39, 0.29) is 6.03 Å². The van der Waals surface area contributed by atoms with Crippen molar-refractivity contribution < 1.29 is 4.79 Å². The fourth-order valence-electron chi connectivity index (χ4n) is 2.06. The normalized spacial score (nSPS) is 10.3. The molecule has 0 aliphatic heterocycles. The maximum Gasteiger partial charge on any atom is 0.319 e. The van der Waals surface area contributed by atoms with E-state index in [1.165, 1.54) is 0 Å². The summed E-state index contributed by atoms with van der Waals surface area (Å²) in [4.78, 5) is 24.7. The number of nitrogens with zero attached hydrogens (tertiary/aromatic N) is 3. The SMILES string of the molecule is Cc1ccncc1NC(=O)NCc1nccnc1-c1ccsc1. The standard InChI is InChI=1S/C16H15N5OS/c1-11-2-4-17-8-13(11)21-16(22)20-9-14-15(19-6-5-18-14)12-3-7-23-10-12/h2-8,10H,9H2,1H3,(H2,20,21,22). The molecule has 3 aromatic heterocycles. The summed E-state index contributed by atoms with van der Waals surface area (Å²) in [6.07, 6.45) is 6.57. The van der Waals surface area contributed by atoms with Gasteiger partial charge in [-0.3, -0.25) is 15.0 Å². The number of anilines is 1.